The summed E-state index contributed by atoms with van der Waals surface area (Å²) in [6.45, 7) is 5.86. The first-order valence-corrected chi connectivity index (χ1v) is 7.59. The van der Waals surface area contributed by atoms with E-state index >= 15 is 0 Å². The smallest absolute Gasteiger partial charge is 0.322 e. The molecule has 0 aromatic carbocycles. The second kappa shape index (κ2) is 7.26. The summed E-state index contributed by atoms with van der Waals surface area (Å²) in [5, 5.41) is 3.14. The number of ether oxygens (including phenoxy) is 1. The molecule has 0 spiro atoms. The topological polar surface area (TPSA) is 63.2 Å². The van der Waals surface area contributed by atoms with Crippen molar-refractivity contribution in [3.63, 3.8) is 0 Å². The van der Waals surface area contributed by atoms with Gasteiger partial charge in [-0.25, -0.2) is 0 Å². The highest BCUT2D eigenvalue weighted by Crippen LogP contribution is 2.26. The van der Waals surface area contributed by atoms with Crippen LogP contribution in [0.2, 0.25) is 0 Å². The van der Waals surface area contributed by atoms with Gasteiger partial charge < -0.3 is 15.0 Å². The Balaban J connectivity index is 2.24. The minimum absolute atomic E-state index is 0.375. The van der Waals surface area contributed by atoms with Crippen molar-refractivity contribution < 1.29 is 4.74 Å². The van der Waals surface area contributed by atoms with Crippen molar-refractivity contribution in [3.05, 3.63) is 0 Å². The van der Waals surface area contributed by atoms with Gasteiger partial charge in [0.05, 0.1) is 7.11 Å². The van der Waals surface area contributed by atoms with E-state index < -0.39 is 0 Å². The van der Waals surface area contributed by atoms with E-state index in [9.17, 15) is 0 Å². The maximum Gasteiger partial charge on any atom is 0.322 e. The average molecular weight is 279 g/mol. The highest BCUT2D eigenvalue weighted by Gasteiger charge is 2.23. The summed E-state index contributed by atoms with van der Waals surface area (Å²) in [5.41, 5.74) is 0. The second-order valence-corrected chi connectivity index (χ2v) is 5.05. The van der Waals surface area contributed by atoms with Crippen molar-refractivity contribution in [3.8, 4) is 6.01 Å². The highest BCUT2D eigenvalue weighted by molar-refractivity contribution is 5.39. The summed E-state index contributed by atoms with van der Waals surface area (Å²) < 4.78 is 5.19. The van der Waals surface area contributed by atoms with Gasteiger partial charge in [-0.15, -0.1) is 0 Å². The lowest BCUT2D eigenvalue weighted by molar-refractivity contribution is 0.374. The van der Waals surface area contributed by atoms with Crippen molar-refractivity contribution >= 4 is 11.9 Å². The third kappa shape index (κ3) is 3.49. The lowest BCUT2D eigenvalue weighted by Crippen LogP contribution is -2.38. The van der Waals surface area contributed by atoms with Crippen LogP contribution < -0.4 is 15.0 Å². The molecule has 0 saturated heterocycles. The average Bonchev–Trinajstić information content (AvgIpc) is 2.49. The van der Waals surface area contributed by atoms with E-state index in [2.05, 4.69) is 32.1 Å². The highest BCUT2D eigenvalue weighted by atomic mass is 16.5. The van der Waals surface area contributed by atoms with Crippen LogP contribution in [-0.2, 0) is 0 Å². The first-order valence-electron chi connectivity index (χ1n) is 7.59. The van der Waals surface area contributed by atoms with E-state index in [1.165, 1.54) is 32.1 Å². The van der Waals surface area contributed by atoms with Crippen molar-refractivity contribution in [2.45, 2.75) is 52.0 Å². The number of rotatable bonds is 6. The van der Waals surface area contributed by atoms with Crippen molar-refractivity contribution in [1.82, 2.24) is 15.0 Å². The van der Waals surface area contributed by atoms with Gasteiger partial charge in [-0.3, -0.25) is 0 Å². The zero-order valence-corrected chi connectivity index (χ0v) is 12.7. The SMILES string of the molecule is CCNc1nc(OC)nc(N(CC)C2CCCCC2)n1. The first kappa shape index (κ1) is 14.8. The first-order chi connectivity index (χ1) is 9.78. The minimum atomic E-state index is 0.375. The van der Waals surface area contributed by atoms with E-state index in [-0.39, 0.29) is 0 Å². The Kier molecular flexibility index (Phi) is 5.38. The second-order valence-electron chi connectivity index (χ2n) is 5.05. The maximum absolute atomic E-state index is 5.19. The zero-order chi connectivity index (χ0) is 14.4. The molecule has 0 radical (unpaired) electrons. The quantitative estimate of drug-likeness (QED) is 0.863. The molecule has 1 aliphatic rings. The predicted molar refractivity (Wildman–Crippen MR) is 80.4 cm³/mol. The molecule has 2 rings (SSSR count). The van der Waals surface area contributed by atoms with Crippen LogP contribution in [0.15, 0.2) is 0 Å². The summed E-state index contributed by atoms with van der Waals surface area (Å²) >= 11 is 0. The third-order valence-corrected chi connectivity index (χ3v) is 3.73. The lowest BCUT2D eigenvalue weighted by Gasteiger charge is -2.33. The molecule has 0 unspecified atom stereocenters. The van der Waals surface area contributed by atoms with Crippen molar-refractivity contribution in [2.75, 3.05) is 30.4 Å². The van der Waals surface area contributed by atoms with Crippen LogP contribution in [-0.4, -0.2) is 41.2 Å². The van der Waals surface area contributed by atoms with Crippen LogP contribution in [0.25, 0.3) is 0 Å². The molecule has 1 N–H and O–H groups in total. The van der Waals surface area contributed by atoms with Crippen LogP contribution in [0.1, 0.15) is 46.0 Å². The van der Waals surface area contributed by atoms with E-state index in [1.54, 1.807) is 7.11 Å². The molecule has 6 nitrogen and oxygen atoms in total. The van der Waals surface area contributed by atoms with Gasteiger partial charge in [0.2, 0.25) is 11.9 Å². The fraction of sp³-hybridized carbons (Fsp3) is 0.786. The van der Waals surface area contributed by atoms with Crippen LogP contribution in [0.3, 0.4) is 0 Å². The number of aromatic nitrogens is 3. The van der Waals surface area contributed by atoms with Crippen molar-refractivity contribution in [2.24, 2.45) is 0 Å². The summed E-state index contributed by atoms with van der Waals surface area (Å²) in [6.07, 6.45) is 6.38. The maximum atomic E-state index is 5.19. The summed E-state index contributed by atoms with van der Waals surface area (Å²) in [6, 6.07) is 0.913. The van der Waals surface area contributed by atoms with E-state index in [1.807, 2.05) is 6.92 Å². The number of hydrogen-bond donors (Lipinski definition) is 1. The molecular weight excluding hydrogens is 254 g/mol. The van der Waals surface area contributed by atoms with Gasteiger partial charge in [0.1, 0.15) is 0 Å². The Morgan fingerprint density at radius 3 is 2.50 bits per heavy atom. The Labute approximate surface area is 121 Å². The van der Waals surface area contributed by atoms with Gasteiger partial charge >= 0.3 is 6.01 Å². The van der Waals surface area contributed by atoms with Gasteiger partial charge in [0.15, 0.2) is 0 Å². The molecule has 1 heterocycles. The van der Waals surface area contributed by atoms with Crippen LogP contribution in [0.4, 0.5) is 11.9 Å². The van der Waals surface area contributed by atoms with E-state index in [0.29, 0.717) is 18.0 Å². The number of nitrogens with one attached hydrogen (secondary N) is 1. The molecule has 6 heteroatoms. The largest absolute Gasteiger partial charge is 0.467 e. The minimum Gasteiger partial charge on any atom is -0.467 e. The lowest BCUT2D eigenvalue weighted by atomic mass is 9.94. The Bertz CT molecular complexity index is 420. The van der Waals surface area contributed by atoms with Gasteiger partial charge in [0, 0.05) is 19.1 Å². The molecule has 0 bridgehead atoms. The molecule has 1 saturated carbocycles. The molecule has 0 atom stereocenters. The number of nitrogens with zero attached hydrogens (tertiary/aromatic N) is 4. The zero-order valence-electron chi connectivity index (χ0n) is 12.7. The Hall–Kier alpha value is -1.59. The summed E-state index contributed by atoms with van der Waals surface area (Å²) in [5.74, 6) is 1.31. The van der Waals surface area contributed by atoms with E-state index in [4.69, 9.17) is 4.74 Å². The molecule has 112 valence electrons. The summed E-state index contributed by atoms with van der Waals surface area (Å²) in [4.78, 5) is 15.5. The number of methoxy groups -OCH3 is 1. The monoisotopic (exact) mass is 279 g/mol. The van der Waals surface area contributed by atoms with Crippen LogP contribution >= 0.6 is 0 Å². The fourth-order valence-electron chi connectivity index (χ4n) is 2.76. The van der Waals surface area contributed by atoms with Gasteiger partial charge in [-0.05, 0) is 26.7 Å². The summed E-state index contributed by atoms with van der Waals surface area (Å²) in [7, 11) is 1.59. The fourth-order valence-corrected chi connectivity index (χ4v) is 2.76. The predicted octanol–water partition coefficient (Wildman–Crippen LogP) is 2.47. The molecule has 1 aromatic heterocycles. The van der Waals surface area contributed by atoms with E-state index in [0.717, 1.165) is 19.0 Å². The Morgan fingerprint density at radius 1 is 1.15 bits per heavy atom. The molecule has 20 heavy (non-hydrogen) atoms. The number of hydrogen-bond acceptors (Lipinski definition) is 6. The molecule has 1 fully saturated rings. The van der Waals surface area contributed by atoms with Crippen LogP contribution in [0.5, 0.6) is 6.01 Å². The molecule has 1 aromatic rings. The number of anilines is 2. The molecular formula is C14H25N5O. The van der Waals surface area contributed by atoms with Crippen LogP contribution in [0, 0.1) is 0 Å². The third-order valence-electron chi connectivity index (χ3n) is 3.73. The standard InChI is InChI=1S/C14H25N5O/c1-4-15-12-16-13(18-14(17-12)20-3)19(5-2)11-9-7-6-8-10-11/h11H,4-10H2,1-3H3,(H,15,16,17,18). The Morgan fingerprint density at radius 2 is 1.90 bits per heavy atom. The molecule has 1 aliphatic carbocycles. The normalized spacial score (nSPS) is 15.9. The van der Waals surface area contributed by atoms with Gasteiger partial charge in [-0.1, -0.05) is 19.3 Å². The van der Waals surface area contributed by atoms with Crippen molar-refractivity contribution in [1.29, 1.82) is 0 Å². The van der Waals surface area contributed by atoms with Gasteiger partial charge in [-0.2, -0.15) is 15.0 Å². The molecule has 0 amide bonds. The van der Waals surface area contributed by atoms with Gasteiger partial charge in [0.25, 0.3) is 0 Å². The molecule has 0 aliphatic heterocycles.